The van der Waals surface area contributed by atoms with Gasteiger partial charge in [0.15, 0.2) is 0 Å². The number of nitrogens with one attached hydrogen (secondary N) is 1. The fourth-order valence-electron chi connectivity index (χ4n) is 2.71. The van der Waals surface area contributed by atoms with Gasteiger partial charge in [-0.25, -0.2) is 0 Å². The third kappa shape index (κ3) is 3.14. The van der Waals surface area contributed by atoms with E-state index in [1.54, 1.807) is 0 Å². The van der Waals surface area contributed by atoms with Gasteiger partial charge in [-0.2, -0.15) is 0 Å². The van der Waals surface area contributed by atoms with Gasteiger partial charge >= 0.3 is 0 Å². The minimum Gasteiger partial charge on any atom is -0.341 e. The Morgan fingerprint density at radius 2 is 2.12 bits per heavy atom. The van der Waals surface area contributed by atoms with Crippen LogP contribution in [0.3, 0.4) is 0 Å². The van der Waals surface area contributed by atoms with Crippen LogP contribution in [0.5, 0.6) is 0 Å². The van der Waals surface area contributed by atoms with Crippen LogP contribution in [0.2, 0.25) is 0 Å². The molecule has 2 fully saturated rings. The van der Waals surface area contributed by atoms with Gasteiger partial charge in [0.25, 0.3) is 0 Å². The number of nitrogens with zero attached hydrogens (tertiary/aromatic N) is 1. The van der Waals surface area contributed by atoms with Crippen molar-refractivity contribution in [3.05, 3.63) is 0 Å². The average molecular weight is 261 g/mol. The van der Waals surface area contributed by atoms with Gasteiger partial charge in [0.2, 0.25) is 5.91 Å². The number of amides is 1. The lowest BCUT2D eigenvalue weighted by atomic mass is 9.92. The Morgan fingerprint density at radius 1 is 1.41 bits per heavy atom. The summed E-state index contributed by atoms with van der Waals surface area (Å²) in [6.07, 6.45) is 5.71. The smallest absolute Gasteiger partial charge is 0.242 e. The Bertz CT molecular complexity index is 260. The van der Waals surface area contributed by atoms with Crippen molar-refractivity contribution in [3.63, 3.8) is 0 Å². The lowest BCUT2D eigenvalue weighted by molar-refractivity contribution is -0.138. The highest BCUT2D eigenvalue weighted by molar-refractivity contribution is 5.86. The Morgan fingerprint density at radius 3 is 2.53 bits per heavy atom. The van der Waals surface area contributed by atoms with E-state index < -0.39 is 0 Å². The lowest BCUT2D eigenvalue weighted by Crippen LogP contribution is -2.54. The predicted octanol–water partition coefficient (Wildman–Crippen LogP) is 2.20. The molecule has 1 N–H and O–H groups in total. The number of hydrogen-bond donors (Lipinski definition) is 1. The second-order valence-electron chi connectivity index (χ2n) is 5.25. The van der Waals surface area contributed by atoms with Crippen LogP contribution in [0.15, 0.2) is 0 Å². The summed E-state index contributed by atoms with van der Waals surface area (Å²) in [5.74, 6) is 1.14. The van der Waals surface area contributed by atoms with Crippen LogP contribution in [-0.4, -0.2) is 36.0 Å². The second kappa shape index (κ2) is 6.05. The lowest BCUT2D eigenvalue weighted by Gasteiger charge is -2.33. The molecule has 0 spiro atoms. The fraction of sp³-hybridized carbons (Fsp3) is 0.923. The molecule has 3 nitrogen and oxygen atoms in total. The first-order chi connectivity index (χ1) is 7.72. The first-order valence-corrected chi connectivity index (χ1v) is 6.76. The minimum absolute atomic E-state index is 0. The van der Waals surface area contributed by atoms with E-state index in [-0.39, 0.29) is 17.9 Å². The molecule has 0 aromatic rings. The Balaban J connectivity index is 0.00000144. The molecule has 1 saturated heterocycles. The van der Waals surface area contributed by atoms with Crippen molar-refractivity contribution in [2.75, 3.05) is 19.6 Å². The van der Waals surface area contributed by atoms with Gasteiger partial charge in [0, 0.05) is 13.1 Å². The van der Waals surface area contributed by atoms with E-state index in [0.717, 1.165) is 44.8 Å². The van der Waals surface area contributed by atoms with Gasteiger partial charge in [-0.1, -0.05) is 6.92 Å². The summed E-state index contributed by atoms with van der Waals surface area (Å²) in [6, 6.07) is 0. The molecule has 1 aliphatic heterocycles. The molecule has 1 unspecified atom stereocenters. The highest BCUT2D eigenvalue weighted by Crippen LogP contribution is 2.32. The van der Waals surface area contributed by atoms with Crippen LogP contribution < -0.4 is 5.32 Å². The number of likely N-dealkylation sites (N-methyl/N-ethyl adjacent to an activating group) is 1. The maximum atomic E-state index is 12.6. The number of halogens is 1. The molecule has 100 valence electrons. The van der Waals surface area contributed by atoms with Gasteiger partial charge < -0.3 is 10.2 Å². The number of hydrogen-bond acceptors (Lipinski definition) is 2. The SMILES string of the molecule is CCN(CC1CC1)C(=O)C1(CC)CCCN1.Cl. The molecular weight excluding hydrogens is 236 g/mol. The predicted molar refractivity (Wildman–Crippen MR) is 72.5 cm³/mol. The first kappa shape index (κ1) is 14.8. The van der Waals surface area contributed by atoms with Gasteiger partial charge in [-0.15, -0.1) is 12.4 Å². The van der Waals surface area contributed by atoms with Gasteiger partial charge in [-0.3, -0.25) is 4.79 Å². The largest absolute Gasteiger partial charge is 0.341 e. The van der Waals surface area contributed by atoms with Crippen LogP contribution >= 0.6 is 12.4 Å². The van der Waals surface area contributed by atoms with E-state index >= 15 is 0 Å². The van der Waals surface area contributed by atoms with Crippen molar-refractivity contribution in [1.29, 1.82) is 0 Å². The second-order valence-corrected chi connectivity index (χ2v) is 5.25. The van der Waals surface area contributed by atoms with Crippen molar-refractivity contribution in [3.8, 4) is 0 Å². The normalized spacial score (nSPS) is 27.6. The maximum absolute atomic E-state index is 12.6. The van der Waals surface area contributed by atoms with Crippen molar-refractivity contribution in [2.45, 2.75) is 51.5 Å². The standard InChI is InChI=1S/C13H24N2O.ClH/c1-3-13(8-5-9-14-13)12(16)15(4-2)10-11-6-7-11;/h11,14H,3-10H2,1-2H3;1H. The third-order valence-electron chi connectivity index (χ3n) is 4.10. The van der Waals surface area contributed by atoms with E-state index in [1.165, 1.54) is 12.8 Å². The molecule has 1 amide bonds. The highest BCUT2D eigenvalue weighted by atomic mass is 35.5. The average Bonchev–Trinajstić information content (AvgIpc) is 2.99. The molecule has 2 aliphatic rings. The van der Waals surface area contributed by atoms with E-state index in [4.69, 9.17) is 0 Å². The zero-order valence-electron chi connectivity index (χ0n) is 11.0. The summed E-state index contributed by atoms with van der Waals surface area (Å²) < 4.78 is 0. The van der Waals surface area contributed by atoms with Gasteiger partial charge in [-0.05, 0) is 51.5 Å². The summed E-state index contributed by atoms with van der Waals surface area (Å²) in [5, 5.41) is 3.44. The molecule has 1 saturated carbocycles. The van der Waals surface area contributed by atoms with Gasteiger partial charge in [0.05, 0.1) is 5.54 Å². The summed E-state index contributed by atoms with van der Waals surface area (Å²) in [5.41, 5.74) is -0.231. The molecule has 17 heavy (non-hydrogen) atoms. The molecule has 4 heteroatoms. The summed E-state index contributed by atoms with van der Waals surface area (Å²) >= 11 is 0. The Labute approximate surface area is 111 Å². The summed E-state index contributed by atoms with van der Waals surface area (Å²) in [4.78, 5) is 14.6. The van der Waals surface area contributed by atoms with E-state index in [9.17, 15) is 4.79 Å². The van der Waals surface area contributed by atoms with Gasteiger partial charge in [0.1, 0.15) is 0 Å². The van der Waals surface area contributed by atoms with Crippen molar-refractivity contribution < 1.29 is 4.79 Å². The zero-order valence-corrected chi connectivity index (χ0v) is 11.8. The molecule has 1 heterocycles. The van der Waals surface area contributed by atoms with E-state index in [1.807, 2.05) is 0 Å². The molecule has 0 aromatic heterocycles. The monoisotopic (exact) mass is 260 g/mol. The summed E-state index contributed by atoms with van der Waals surface area (Å²) in [7, 11) is 0. The highest BCUT2D eigenvalue weighted by Gasteiger charge is 2.42. The number of carbonyl (C=O) groups excluding carboxylic acids is 1. The molecule has 0 aromatic carbocycles. The molecular formula is C13H25ClN2O. The topological polar surface area (TPSA) is 32.3 Å². The molecule has 1 aliphatic carbocycles. The first-order valence-electron chi connectivity index (χ1n) is 6.76. The number of rotatable bonds is 5. The Kier molecular flexibility index (Phi) is 5.26. The maximum Gasteiger partial charge on any atom is 0.242 e. The summed E-state index contributed by atoms with van der Waals surface area (Å²) in [6.45, 7) is 7.07. The molecule has 2 rings (SSSR count). The number of carbonyl (C=O) groups is 1. The third-order valence-corrected chi connectivity index (χ3v) is 4.10. The van der Waals surface area contributed by atoms with Crippen molar-refractivity contribution in [2.24, 2.45) is 5.92 Å². The van der Waals surface area contributed by atoms with Crippen molar-refractivity contribution >= 4 is 18.3 Å². The van der Waals surface area contributed by atoms with E-state index in [0.29, 0.717) is 5.91 Å². The zero-order chi connectivity index (χ0) is 11.6. The van der Waals surface area contributed by atoms with Crippen LogP contribution in [0.25, 0.3) is 0 Å². The van der Waals surface area contributed by atoms with Crippen LogP contribution in [0.4, 0.5) is 0 Å². The minimum atomic E-state index is -0.231. The molecule has 0 bridgehead atoms. The molecule has 1 atom stereocenters. The van der Waals surface area contributed by atoms with Crippen LogP contribution in [0, 0.1) is 5.92 Å². The van der Waals surface area contributed by atoms with Crippen LogP contribution in [-0.2, 0) is 4.79 Å². The molecule has 0 radical (unpaired) electrons. The fourth-order valence-corrected chi connectivity index (χ4v) is 2.71. The quantitative estimate of drug-likeness (QED) is 0.822. The van der Waals surface area contributed by atoms with Crippen LogP contribution in [0.1, 0.15) is 46.0 Å². The Hall–Kier alpha value is -0.280. The van der Waals surface area contributed by atoms with E-state index in [2.05, 4.69) is 24.1 Å². The van der Waals surface area contributed by atoms with Crippen molar-refractivity contribution in [1.82, 2.24) is 10.2 Å².